The fourth-order valence-electron chi connectivity index (χ4n) is 3.10. The lowest BCUT2D eigenvalue weighted by atomic mass is 9.94. The molecule has 1 atom stereocenters. The Hall–Kier alpha value is -2.53. The van der Waals surface area contributed by atoms with Crippen LogP contribution in [0.3, 0.4) is 0 Å². The minimum atomic E-state index is 0.140. The number of nitrogens with one attached hydrogen (secondary N) is 1. The van der Waals surface area contributed by atoms with Gasteiger partial charge in [-0.2, -0.15) is 0 Å². The molecular weight excluding hydrogens is 318 g/mol. The number of benzene rings is 2. The number of rotatable bonds is 3. The zero-order chi connectivity index (χ0) is 16.5. The van der Waals surface area contributed by atoms with Crippen LogP contribution >= 0.6 is 11.3 Å². The van der Waals surface area contributed by atoms with E-state index >= 15 is 0 Å². The smallest absolute Gasteiger partial charge is 0.220 e. The maximum Gasteiger partial charge on any atom is 0.220 e. The molecule has 1 saturated heterocycles. The molecule has 2 aromatic carbocycles. The van der Waals surface area contributed by atoms with Crippen LogP contribution in [-0.4, -0.2) is 22.6 Å². The van der Waals surface area contributed by atoms with Gasteiger partial charge in [0.15, 0.2) is 0 Å². The summed E-state index contributed by atoms with van der Waals surface area (Å²) in [4.78, 5) is 11.4. The molecule has 0 aliphatic carbocycles. The first-order valence-electron chi connectivity index (χ1n) is 7.97. The first-order valence-corrected chi connectivity index (χ1v) is 8.79. The summed E-state index contributed by atoms with van der Waals surface area (Å²) in [6, 6.07) is 16.8. The maximum absolute atomic E-state index is 11.4. The summed E-state index contributed by atoms with van der Waals surface area (Å²) in [7, 11) is 0. The number of carbonyl (C=O) groups is 1. The molecule has 120 valence electrons. The summed E-state index contributed by atoms with van der Waals surface area (Å²) >= 11 is 1.61. The Bertz CT molecular complexity index is 886. The van der Waals surface area contributed by atoms with Crippen LogP contribution in [0, 0.1) is 6.92 Å². The Balaban J connectivity index is 1.68. The van der Waals surface area contributed by atoms with Gasteiger partial charge in [0.2, 0.25) is 5.91 Å². The van der Waals surface area contributed by atoms with Crippen molar-refractivity contribution in [3.63, 3.8) is 0 Å². The van der Waals surface area contributed by atoms with E-state index in [0.717, 1.165) is 33.3 Å². The first-order chi connectivity index (χ1) is 11.7. The lowest BCUT2D eigenvalue weighted by molar-refractivity contribution is -0.119. The highest BCUT2D eigenvalue weighted by atomic mass is 32.1. The van der Waals surface area contributed by atoms with E-state index in [9.17, 15) is 4.79 Å². The van der Waals surface area contributed by atoms with Crippen LogP contribution in [0.5, 0.6) is 0 Å². The summed E-state index contributed by atoms with van der Waals surface area (Å²) in [5, 5.41) is 13.2. The van der Waals surface area contributed by atoms with Crippen LogP contribution in [0.2, 0.25) is 0 Å². The predicted octanol–water partition coefficient (Wildman–Crippen LogP) is 3.78. The van der Waals surface area contributed by atoms with E-state index in [1.165, 1.54) is 5.56 Å². The molecule has 5 heteroatoms. The normalized spacial score (nSPS) is 17.0. The summed E-state index contributed by atoms with van der Waals surface area (Å²) in [5.41, 5.74) is 4.62. The second-order valence-electron chi connectivity index (χ2n) is 6.00. The van der Waals surface area contributed by atoms with Crippen molar-refractivity contribution in [3.05, 3.63) is 59.1 Å². The lowest BCUT2D eigenvalue weighted by Gasteiger charge is -2.11. The van der Waals surface area contributed by atoms with Crippen molar-refractivity contribution in [3.8, 4) is 21.7 Å². The molecule has 0 saturated carbocycles. The van der Waals surface area contributed by atoms with Gasteiger partial charge in [0.1, 0.15) is 10.0 Å². The van der Waals surface area contributed by atoms with Crippen molar-refractivity contribution in [2.45, 2.75) is 19.3 Å². The quantitative estimate of drug-likeness (QED) is 0.792. The van der Waals surface area contributed by atoms with Crippen molar-refractivity contribution in [2.75, 3.05) is 6.54 Å². The van der Waals surface area contributed by atoms with Gasteiger partial charge in [0, 0.05) is 24.4 Å². The van der Waals surface area contributed by atoms with Crippen molar-refractivity contribution < 1.29 is 4.79 Å². The van der Waals surface area contributed by atoms with Gasteiger partial charge in [-0.25, -0.2) is 0 Å². The fraction of sp³-hybridized carbons (Fsp3) is 0.211. The van der Waals surface area contributed by atoms with Gasteiger partial charge in [-0.3, -0.25) is 4.79 Å². The van der Waals surface area contributed by atoms with Gasteiger partial charge < -0.3 is 5.32 Å². The molecule has 1 aliphatic heterocycles. The van der Waals surface area contributed by atoms with Crippen LogP contribution in [0.1, 0.15) is 22.9 Å². The molecule has 3 aromatic rings. The highest BCUT2D eigenvalue weighted by molar-refractivity contribution is 7.14. The molecule has 0 radical (unpaired) electrons. The molecule has 2 heterocycles. The Kier molecular flexibility index (Phi) is 3.86. The monoisotopic (exact) mass is 335 g/mol. The molecule has 24 heavy (non-hydrogen) atoms. The first kappa shape index (κ1) is 15.0. The number of amides is 1. The summed E-state index contributed by atoms with van der Waals surface area (Å²) < 4.78 is 0. The third-order valence-electron chi connectivity index (χ3n) is 4.35. The van der Waals surface area contributed by atoms with Crippen LogP contribution in [0.15, 0.2) is 48.5 Å². The van der Waals surface area contributed by atoms with E-state index in [2.05, 4.69) is 51.9 Å². The SMILES string of the molecule is Cc1nnc(-c2ccccc2-c2ccc(C3CNC(=O)C3)cc2)s1. The fourth-order valence-corrected chi connectivity index (χ4v) is 3.83. The molecule has 1 aromatic heterocycles. The van der Waals surface area contributed by atoms with Crippen molar-refractivity contribution in [2.24, 2.45) is 0 Å². The van der Waals surface area contributed by atoms with Crippen molar-refractivity contribution in [1.29, 1.82) is 0 Å². The molecule has 1 unspecified atom stereocenters. The number of carbonyl (C=O) groups excluding carboxylic acids is 1. The summed E-state index contributed by atoms with van der Waals surface area (Å²) in [5.74, 6) is 0.425. The minimum Gasteiger partial charge on any atom is -0.355 e. The molecule has 0 bridgehead atoms. The largest absolute Gasteiger partial charge is 0.355 e. The van der Waals surface area contributed by atoms with E-state index in [1.807, 2.05) is 19.1 Å². The molecule has 1 amide bonds. The van der Waals surface area contributed by atoms with Crippen LogP contribution in [-0.2, 0) is 4.79 Å². The standard InChI is InChI=1S/C19H17N3OS/c1-12-21-22-19(24-12)17-5-3-2-4-16(17)14-8-6-13(7-9-14)15-10-18(23)20-11-15/h2-9,15H,10-11H2,1H3,(H,20,23). The Morgan fingerprint density at radius 1 is 1.04 bits per heavy atom. The zero-order valence-electron chi connectivity index (χ0n) is 13.3. The topological polar surface area (TPSA) is 54.9 Å². The number of aromatic nitrogens is 2. The third kappa shape index (κ3) is 2.83. The number of hydrogen-bond acceptors (Lipinski definition) is 4. The number of hydrogen-bond donors (Lipinski definition) is 1. The van der Waals surface area contributed by atoms with Gasteiger partial charge in [0.25, 0.3) is 0 Å². The van der Waals surface area contributed by atoms with Gasteiger partial charge in [-0.05, 0) is 23.6 Å². The van der Waals surface area contributed by atoms with Crippen LogP contribution < -0.4 is 5.32 Å². The van der Waals surface area contributed by atoms with Crippen LogP contribution in [0.25, 0.3) is 21.7 Å². The molecule has 1 fully saturated rings. The van der Waals surface area contributed by atoms with E-state index in [0.29, 0.717) is 6.42 Å². The Morgan fingerprint density at radius 3 is 2.42 bits per heavy atom. The van der Waals surface area contributed by atoms with Crippen molar-refractivity contribution in [1.82, 2.24) is 15.5 Å². The molecule has 1 aliphatic rings. The van der Waals surface area contributed by atoms with Crippen LogP contribution in [0.4, 0.5) is 0 Å². The highest BCUT2D eigenvalue weighted by Gasteiger charge is 2.22. The summed E-state index contributed by atoms with van der Waals surface area (Å²) in [6.07, 6.45) is 0.583. The zero-order valence-corrected chi connectivity index (χ0v) is 14.1. The second-order valence-corrected chi connectivity index (χ2v) is 7.18. The maximum atomic E-state index is 11.4. The van der Waals surface area contributed by atoms with E-state index in [1.54, 1.807) is 11.3 Å². The van der Waals surface area contributed by atoms with Gasteiger partial charge in [0.05, 0.1) is 0 Å². The van der Waals surface area contributed by atoms with E-state index < -0.39 is 0 Å². The third-order valence-corrected chi connectivity index (χ3v) is 5.23. The van der Waals surface area contributed by atoms with E-state index in [4.69, 9.17) is 0 Å². The molecule has 4 rings (SSSR count). The minimum absolute atomic E-state index is 0.140. The Morgan fingerprint density at radius 2 is 1.79 bits per heavy atom. The second kappa shape index (κ2) is 6.17. The highest BCUT2D eigenvalue weighted by Crippen LogP contribution is 2.34. The molecule has 1 N–H and O–H groups in total. The summed E-state index contributed by atoms with van der Waals surface area (Å²) in [6.45, 7) is 2.70. The molecule has 4 nitrogen and oxygen atoms in total. The van der Waals surface area contributed by atoms with Gasteiger partial charge >= 0.3 is 0 Å². The van der Waals surface area contributed by atoms with Crippen molar-refractivity contribution >= 4 is 17.2 Å². The average molecular weight is 335 g/mol. The lowest BCUT2D eigenvalue weighted by Crippen LogP contribution is -2.13. The van der Waals surface area contributed by atoms with Gasteiger partial charge in [-0.1, -0.05) is 59.9 Å². The number of aryl methyl sites for hydroxylation is 1. The average Bonchev–Trinajstić information content (AvgIpc) is 3.24. The molecular formula is C19H17N3OS. The predicted molar refractivity (Wildman–Crippen MR) is 95.9 cm³/mol. The van der Waals surface area contributed by atoms with Gasteiger partial charge in [-0.15, -0.1) is 10.2 Å². The number of nitrogens with zero attached hydrogens (tertiary/aromatic N) is 2. The Labute approximate surface area is 144 Å². The van der Waals surface area contributed by atoms with E-state index in [-0.39, 0.29) is 11.8 Å². The molecule has 0 spiro atoms.